The van der Waals surface area contributed by atoms with E-state index in [1.165, 1.54) is 0 Å². The van der Waals surface area contributed by atoms with E-state index in [4.69, 9.17) is 29.1 Å². The first kappa shape index (κ1) is 23.9. The lowest BCUT2D eigenvalue weighted by atomic mass is 10.2. The van der Waals surface area contributed by atoms with Crippen LogP contribution in [0.1, 0.15) is 26.3 Å². The van der Waals surface area contributed by atoms with Crippen LogP contribution in [0.5, 0.6) is 5.75 Å². The minimum Gasteiger partial charge on any atom is -0.489 e. The van der Waals surface area contributed by atoms with Gasteiger partial charge in [0.25, 0.3) is 0 Å². The number of nitrogen functional groups attached to an aromatic ring is 1. The van der Waals surface area contributed by atoms with Gasteiger partial charge < -0.3 is 29.1 Å². The summed E-state index contributed by atoms with van der Waals surface area (Å²) in [6.45, 7) is 15.0. The van der Waals surface area contributed by atoms with Gasteiger partial charge in [0.2, 0.25) is 0 Å². The molecule has 1 rings (SSSR count). The second-order valence-electron chi connectivity index (χ2n) is 7.99. The van der Waals surface area contributed by atoms with Gasteiger partial charge in [-0.25, -0.2) is 0 Å². The molecule has 0 radical (unpaired) electrons. The fourth-order valence-corrected chi connectivity index (χ4v) is 2.91. The second-order valence-corrected chi connectivity index (χ2v) is 12.8. The summed E-state index contributed by atoms with van der Waals surface area (Å²) in [4.78, 5) is 0. The zero-order valence-corrected chi connectivity index (χ0v) is 18.8. The van der Waals surface area contributed by atoms with E-state index in [2.05, 4.69) is 33.9 Å². The summed E-state index contributed by atoms with van der Waals surface area (Å²) < 4.78 is 27.8. The summed E-state index contributed by atoms with van der Waals surface area (Å²) in [5, 5.41) is 0.185. The Labute approximate surface area is 165 Å². The molecule has 1 aromatic rings. The highest BCUT2D eigenvalue weighted by Crippen LogP contribution is 2.37. The fourth-order valence-electron chi connectivity index (χ4n) is 1.95. The molecule has 0 amide bonds. The van der Waals surface area contributed by atoms with Crippen molar-refractivity contribution >= 4 is 14.0 Å². The first-order chi connectivity index (χ1) is 12.7. The number of hydrogen-bond acceptors (Lipinski definition) is 6. The summed E-state index contributed by atoms with van der Waals surface area (Å²) in [5.74, 6) is 0.672. The second kappa shape index (κ2) is 11.7. The maximum absolute atomic E-state index is 6.27. The van der Waals surface area contributed by atoms with E-state index in [0.717, 1.165) is 5.56 Å². The van der Waals surface area contributed by atoms with Gasteiger partial charge in [0.05, 0.1) is 45.3 Å². The molecule has 2 N–H and O–H groups in total. The summed E-state index contributed by atoms with van der Waals surface area (Å²) in [6, 6.07) is 5.81. The van der Waals surface area contributed by atoms with Gasteiger partial charge in [-0.2, -0.15) is 0 Å². The topological polar surface area (TPSA) is 72.2 Å². The number of ether oxygens (including phenoxy) is 4. The van der Waals surface area contributed by atoms with E-state index in [-0.39, 0.29) is 5.04 Å². The van der Waals surface area contributed by atoms with Crippen LogP contribution in [0, 0.1) is 0 Å². The van der Waals surface area contributed by atoms with E-state index in [1.54, 1.807) is 7.11 Å². The van der Waals surface area contributed by atoms with Crippen LogP contribution in [0.15, 0.2) is 18.2 Å². The van der Waals surface area contributed by atoms with E-state index < -0.39 is 8.32 Å². The standard InChI is InChI=1S/C20H37NO5Si/c1-20(2,3)27(5,6)26-16-17-7-8-18(21)19(15-17)25-14-13-24-12-11-23-10-9-22-4/h7-8,15H,9-14,16,21H2,1-6H3. The Hall–Kier alpha value is -1.12. The monoisotopic (exact) mass is 399 g/mol. The number of hydrogen-bond donors (Lipinski definition) is 1. The number of nitrogens with two attached hydrogens (primary N) is 1. The van der Waals surface area contributed by atoms with Crippen molar-refractivity contribution in [1.82, 2.24) is 0 Å². The van der Waals surface area contributed by atoms with Crippen molar-refractivity contribution in [3.05, 3.63) is 23.8 Å². The lowest BCUT2D eigenvalue weighted by Crippen LogP contribution is -2.40. The Morgan fingerprint density at radius 2 is 1.52 bits per heavy atom. The van der Waals surface area contributed by atoms with Crippen LogP contribution in [0.2, 0.25) is 18.1 Å². The van der Waals surface area contributed by atoms with Crippen LogP contribution in [-0.4, -0.2) is 55.1 Å². The molecular formula is C20H37NO5Si. The summed E-state index contributed by atoms with van der Waals surface area (Å²) in [5.41, 5.74) is 7.71. The minimum atomic E-state index is -1.78. The first-order valence-electron chi connectivity index (χ1n) is 9.47. The molecule has 0 bridgehead atoms. The maximum atomic E-state index is 6.27. The zero-order chi connectivity index (χ0) is 20.3. The van der Waals surface area contributed by atoms with Gasteiger partial charge >= 0.3 is 0 Å². The molecule has 7 heteroatoms. The van der Waals surface area contributed by atoms with E-state index in [9.17, 15) is 0 Å². The molecule has 0 aliphatic rings. The predicted molar refractivity (Wildman–Crippen MR) is 112 cm³/mol. The Bertz CT molecular complexity index is 546. The third-order valence-corrected chi connectivity index (χ3v) is 9.25. The molecule has 0 saturated heterocycles. The molecule has 0 atom stereocenters. The fraction of sp³-hybridized carbons (Fsp3) is 0.700. The van der Waals surface area contributed by atoms with Crippen LogP contribution in [0.25, 0.3) is 0 Å². The van der Waals surface area contributed by atoms with Gasteiger partial charge in [-0.15, -0.1) is 0 Å². The Morgan fingerprint density at radius 3 is 2.11 bits per heavy atom. The normalized spacial score (nSPS) is 12.4. The van der Waals surface area contributed by atoms with Gasteiger partial charge in [-0.1, -0.05) is 26.8 Å². The summed E-state index contributed by atoms with van der Waals surface area (Å²) >= 11 is 0. The molecule has 0 unspecified atom stereocenters. The summed E-state index contributed by atoms with van der Waals surface area (Å²) in [7, 11) is -0.133. The molecule has 0 saturated carbocycles. The third kappa shape index (κ3) is 9.07. The van der Waals surface area contributed by atoms with Crippen LogP contribution >= 0.6 is 0 Å². The smallest absolute Gasteiger partial charge is 0.192 e. The quantitative estimate of drug-likeness (QED) is 0.309. The van der Waals surface area contributed by atoms with Crippen LogP contribution in [0.3, 0.4) is 0 Å². The average Bonchev–Trinajstić information content (AvgIpc) is 2.59. The van der Waals surface area contributed by atoms with Gasteiger partial charge in [0.1, 0.15) is 12.4 Å². The van der Waals surface area contributed by atoms with Crippen LogP contribution < -0.4 is 10.5 Å². The number of benzene rings is 1. The third-order valence-electron chi connectivity index (χ3n) is 4.77. The van der Waals surface area contributed by atoms with E-state index in [0.29, 0.717) is 57.7 Å². The maximum Gasteiger partial charge on any atom is 0.192 e. The van der Waals surface area contributed by atoms with Crippen LogP contribution in [0.4, 0.5) is 5.69 Å². The van der Waals surface area contributed by atoms with Crippen molar-refractivity contribution in [2.45, 2.75) is 45.5 Å². The van der Waals surface area contributed by atoms with Crippen molar-refractivity contribution in [1.29, 1.82) is 0 Å². The van der Waals surface area contributed by atoms with Crippen molar-refractivity contribution in [2.24, 2.45) is 0 Å². The molecule has 0 aliphatic carbocycles. The Balaban J connectivity index is 2.37. The highest BCUT2D eigenvalue weighted by Gasteiger charge is 2.37. The Morgan fingerprint density at radius 1 is 0.926 bits per heavy atom. The van der Waals surface area contributed by atoms with Gasteiger partial charge in [0.15, 0.2) is 8.32 Å². The first-order valence-corrected chi connectivity index (χ1v) is 12.4. The molecule has 0 spiro atoms. The lowest BCUT2D eigenvalue weighted by Gasteiger charge is -2.36. The number of methoxy groups -OCH3 is 1. The lowest BCUT2D eigenvalue weighted by molar-refractivity contribution is 0.0180. The number of anilines is 1. The van der Waals surface area contributed by atoms with Gasteiger partial charge in [-0.3, -0.25) is 0 Å². The van der Waals surface area contributed by atoms with Crippen molar-refractivity contribution in [2.75, 3.05) is 52.5 Å². The molecular weight excluding hydrogens is 362 g/mol. The van der Waals surface area contributed by atoms with Crippen LogP contribution in [-0.2, 0) is 25.2 Å². The molecule has 0 heterocycles. The molecule has 156 valence electrons. The van der Waals surface area contributed by atoms with Crippen molar-refractivity contribution in [3.8, 4) is 5.75 Å². The molecule has 0 aromatic heterocycles. The SMILES string of the molecule is COCCOCCOCCOc1cc(CO[Si](C)(C)C(C)(C)C)ccc1N. The Kier molecular flexibility index (Phi) is 10.3. The molecule has 0 fully saturated rings. The van der Waals surface area contributed by atoms with E-state index >= 15 is 0 Å². The predicted octanol–water partition coefficient (Wildman–Crippen LogP) is 3.85. The van der Waals surface area contributed by atoms with Crippen molar-refractivity contribution < 1.29 is 23.4 Å². The molecule has 6 nitrogen and oxygen atoms in total. The highest BCUT2D eigenvalue weighted by molar-refractivity contribution is 6.74. The van der Waals surface area contributed by atoms with Gasteiger partial charge in [0, 0.05) is 7.11 Å². The minimum absolute atomic E-state index is 0.185. The molecule has 27 heavy (non-hydrogen) atoms. The molecule has 0 aliphatic heterocycles. The van der Waals surface area contributed by atoms with E-state index in [1.807, 2.05) is 18.2 Å². The zero-order valence-electron chi connectivity index (χ0n) is 17.8. The average molecular weight is 400 g/mol. The highest BCUT2D eigenvalue weighted by atomic mass is 28.4. The molecule has 1 aromatic carbocycles. The van der Waals surface area contributed by atoms with Gasteiger partial charge in [-0.05, 0) is 35.8 Å². The summed E-state index contributed by atoms with van der Waals surface area (Å²) in [6.07, 6.45) is 0. The number of rotatable bonds is 13. The largest absolute Gasteiger partial charge is 0.489 e. The van der Waals surface area contributed by atoms with Crippen molar-refractivity contribution in [3.63, 3.8) is 0 Å².